The zero-order valence-electron chi connectivity index (χ0n) is 9.06. The molecule has 0 atom stereocenters. The minimum Gasteiger partial charge on any atom is -0.379 e. The lowest BCUT2D eigenvalue weighted by atomic mass is 10.3. The van der Waals surface area contributed by atoms with Gasteiger partial charge in [-0.2, -0.15) is 0 Å². The molecule has 1 heterocycles. The van der Waals surface area contributed by atoms with Gasteiger partial charge < -0.3 is 16.0 Å². The molecule has 8 heteroatoms. The van der Waals surface area contributed by atoms with Gasteiger partial charge in [0, 0.05) is 13.6 Å². The van der Waals surface area contributed by atoms with Gasteiger partial charge >= 0.3 is 0 Å². The second-order valence-electron chi connectivity index (χ2n) is 2.99. The maximum Gasteiger partial charge on any atom is 0.280 e. The first-order valence-corrected chi connectivity index (χ1v) is 4.68. The van der Waals surface area contributed by atoms with Crippen molar-refractivity contribution in [1.82, 2.24) is 20.5 Å². The Bertz CT molecular complexity index is 389. The van der Waals surface area contributed by atoms with Crippen LogP contribution in [0.15, 0.2) is 4.63 Å². The van der Waals surface area contributed by atoms with Crippen LogP contribution in [0, 0.1) is 0 Å². The lowest BCUT2D eigenvalue weighted by molar-refractivity contribution is -0.121. The van der Waals surface area contributed by atoms with Crippen LogP contribution in [0.4, 0.5) is 5.82 Å². The number of carbonyl (C=O) groups is 2. The van der Waals surface area contributed by atoms with E-state index >= 15 is 0 Å². The van der Waals surface area contributed by atoms with Gasteiger partial charge in [0.25, 0.3) is 5.91 Å². The van der Waals surface area contributed by atoms with Crippen molar-refractivity contribution in [3.8, 4) is 0 Å². The predicted molar refractivity (Wildman–Crippen MR) is 54.4 cm³/mol. The highest BCUT2D eigenvalue weighted by atomic mass is 16.6. The molecule has 8 nitrogen and oxygen atoms in total. The van der Waals surface area contributed by atoms with Gasteiger partial charge in [0.1, 0.15) is 0 Å². The van der Waals surface area contributed by atoms with Crippen molar-refractivity contribution in [2.24, 2.45) is 0 Å². The van der Waals surface area contributed by atoms with E-state index in [0.29, 0.717) is 6.54 Å². The first-order valence-electron chi connectivity index (χ1n) is 4.68. The number of aromatic nitrogens is 2. The Balaban J connectivity index is 2.78. The molecule has 2 amide bonds. The number of nitrogens with one attached hydrogen (secondary N) is 1. The van der Waals surface area contributed by atoms with Gasteiger partial charge in [-0.15, -0.1) is 0 Å². The van der Waals surface area contributed by atoms with Gasteiger partial charge in [0.15, 0.2) is 0 Å². The average Bonchev–Trinajstić information content (AvgIpc) is 2.71. The molecule has 0 aromatic carbocycles. The lowest BCUT2D eigenvalue weighted by Gasteiger charge is -2.18. The highest BCUT2D eigenvalue weighted by molar-refractivity contribution is 5.97. The summed E-state index contributed by atoms with van der Waals surface area (Å²) >= 11 is 0. The number of hydrogen-bond acceptors (Lipinski definition) is 6. The maximum atomic E-state index is 11.8. The van der Waals surface area contributed by atoms with Crippen molar-refractivity contribution in [1.29, 1.82) is 0 Å². The standard InChI is InChI=1S/C8H13N5O3/c1-3-13(4-5(14)10-2)8(15)6-7(9)12-16-11-6/h3-4H2,1-2H3,(H2,9,12)(H,10,14). The Morgan fingerprint density at radius 1 is 1.50 bits per heavy atom. The van der Waals surface area contributed by atoms with Crippen molar-refractivity contribution in [3.05, 3.63) is 5.69 Å². The zero-order valence-corrected chi connectivity index (χ0v) is 9.06. The minimum atomic E-state index is -0.482. The second-order valence-corrected chi connectivity index (χ2v) is 2.99. The van der Waals surface area contributed by atoms with Crippen LogP contribution in [0.2, 0.25) is 0 Å². The first kappa shape index (κ1) is 12.0. The van der Waals surface area contributed by atoms with Crippen LogP contribution in [-0.4, -0.2) is 47.2 Å². The number of likely N-dealkylation sites (N-methyl/N-ethyl adjacent to an activating group) is 2. The summed E-state index contributed by atoms with van der Waals surface area (Å²) in [6.45, 7) is 2.04. The smallest absolute Gasteiger partial charge is 0.280 e. The Morgan fingerprint density at radius 2 is 2.19 bits per heavy atom. The molecule has 0 fully saturated rings. The molecule has 0 saturated heterocycles. The van der Waals surface area contributed by atoms with E-state index in [1.165, 1.54) is 11.9 Å². The summed E-state index contributed by atoms with van der Waals surface area (Å²) in [5.41, 5.74) is 5.30. The van der Waals surface area contributed by atoms with E-state index in [9.17, 15) is 9.59 Å². The fourth-order valence-electron chi connectivity index (χ4n) is 1.07. The predicted octanol–water partition coefficient (Wildman–Crippen LogP) is -1.14. The van der Waals surface area contributed by atoms with Crippen LogP contribution < -0.4 is 11.1 Å². The van der Waals surface area contributed by atoms with Crippen molar-refractivity contribution < 1.29 is 14.2 Å². The van der Waals surface area contributed by atoms with Crippen LogP contribution in [0.3, 0.4) is 0 Å². The molecule has 88 valence electrons. The molecule has 3 N–H and O–H groups in total. The molecule has 0 unspecified atom stereocenters. The molecule has 0 aliphatic carbocycles. The number of carbonyl (C=O) groups excluding carboxylic acids is 2. The van der Waals surface area contributed by atoms with Crippen molar-refractivity contribution in [2.75, 3.05) is 25.9 Å². The summed E-state index contributed by atoms with van der Waals surface area (Å²) in [4.78, 5) is 24.2. The Labute approximate surface area is 91.7 Å². The fraction of sp³-hybridized carbons (Fsp3) is 0.500. The van der Waals surface area contributed by atoms with Crippen LogP contribution in [0.25, 0.3) is 0 Å². The van der Waals surface area contributed by atoms with Crippen molar-refractivity contribution in [2.45, 2.75) is 6.92 Å². The Kier molecular flexibility index (Phi) is 3.81. The number of amides is 2. The maximum absolute atomic E-state index is 11.8. The quantitative estimate of drug-likeness (QED) is 0.672. The molecule has 0 radical (unpaired) electrons. The van der Waals surface area contributed by atoms with Crippen LogP contribution in [-0.2, 0) is 4.79 Å². The fourth-order valence-corrected chi connectivity index (χ4v) is 1.07. The number of nitrogens with two attached hydrogens (primary N) is 1. The Morgan fingerprint density at radius 3 is 2.62 bits per heavy atom. The SMILES string of the molecule is CCN(CC(=O)NC)C(=O)c1nonc1N. The van der Waals surface area contributed by atoms with E-state index in [0.717, 1.165) is 0 Å². The molecule has 0 aliphatic heterocycles. The molecule has 0 aliphatic rings. The molecule has 16 heavy (non-hydrogen) atoms. The lowest BCUT2D eigenvalue weighted by Crippen LogP contribution is -2.39. The summed E-state index contributed by atoms with van der Waals surface area (Å²) in [6, 6.07) is 0. The highest BCUT2D eigenvalue weighted by Gasteiger charge is 2.23. The van der Waals surface area contributed by atoms with Crippen molar-refractivity contribution in [3.63, 3.8) is 0 Å². The zero-order chi connectivity index (χ0) is 12.1. The monoisotopic (exact) mass is 227 g/mol. The van der Waals surface area contributed by atoms with Gasteiger partial charge in [-0.1, -0.05) is 0 Å². The van der Waals surface area contributed by atoms with Gasteiger partial charge in [0.2, 0.25) is 17.4 Å². The van der Waals surface area contributed by atoms with E-state index in [4.69, 9.17) is 5.73 Å². The van der Waals surface area contributed by atoms with Gasteiger partial charge in [-0.25, -0.2) is 4.63 Å². The molecule has 0 bridgehead atoms. The number of nitrogen functional groups attached to an aromatic ring is 1. The number of hydrogen-bond donors (Lipinski definition) is 2. The summed E-state index contributed by atoms with van der Waals surface area (Å²) in [6.07, 6.45) is 0. The van der Waals surface area contributed by atoms with Crippen LogP contribution in [0.1, 0.15) is 17.4 Å². The molecule has 0 spiro atoms. The van der Waals surface area contributed by atoms with Crippen molar-refractivity contribution >= 4 is 17.6 Å². The highest BCUT2D eigenvalue weighted by Crippen LogP contribution is 2.07. The van der Waals surface area contributed by atoms with Gasteiger partial charge in [-0.3, -0.25) is 9.59 Å². The average molecular weight is 227 g/mol. The molecule has 1 rings (SSSR count). The Hall–Kier alpha value is -2.12. The summed E-state index contributed by atoms with van der Waals surface area (Å²) in [5.74, 6) is -0.838. The first-order chi connectivity index (χ1) is 7.60. The number of anilines is 1. The van der Waals surface area contributed by atoms with Gasteiger partial charge in [0.05, 0.1) is 6.54 Å². The van der Waals surface area contributed by atoms with E-state index in [2.05, 4.69) is 20.3 Å². The summed E-state index contributed by atoms with van der Waals surface area (Å²) in [5, 5.41) is 9.10. The molecule has 1 aromatic rings. The van der Waals surface area contributed by atoms with E-state index in [1.807, 2.05) is 0 Å². The molecule has 1 aromatic heterocycles. The van der Waals surface area contributed by atoms with Crippen LogP contribution >= 0.6 is 0 Å². The number of rotatable bonds is 4. The van der Waals surface area contributed by atoms with Crippen LogP contribution in [0.5, 0.6) is 0 Å². The normalized spacial score (nSPS) is 9.88. The largest absolute Gasteiger partial charge is 0.379 e. The second kappa shape index (κ2) is 5.10. The third-order valence-corrected chi connectivity index (χ3v) is 2.00. The third-order valence-electron chi connectivity index (χ3n) is 2.00. The topological polar surface area (TPSA) is 114 Å². The van der Waals surface area contributed by atoms with E-state index < -0.39 is 5.91 Å². The van der Waals surface area contributed by atoms with E-state index in [1.54, 1.807) is 6.92 Å². The molecular formula is C8H13N5O3. The van der Waals surface area contributed by atoms with E-state index in [-0.39, 0.29) is 24.0 Å². The third kappa shape index (κ3) is 2.47. The summed E-state index contributed by atoms with van der Waals surface area (Å²) in [7, 11) is 1.49. The number of nitrogens with zero attached hydrogens (tertiary/aromatic N) is 3. The van der Waals surface area contributed by atoms with Gasteiger partial charge in [-0.05, 0) is 17.2 Å². The minimum absolute atomic E-state index is 0.0574. The molecule has 0 saturated carbocycles. The molecular weight excluding hydrogens is 214 g/mol. The summed E-state index contributed by atoms with van der Waals surface area (Å²) < 4.78 is 4.32.